The molecule has 0 aliphatic carbocycles. The fraction of sp³-hybridized carbons (Fsp3) is 0.571. The second-order valence-electron chi connectivity index (χ2n) is 7.53. The van der Waals surface area contributed by atoms with Gasteiger partial charge >= 0.3 is 6.09 Å². The summed E-state index contributed by atoms with van der Waals surface area (Å²) in [5.41, 5.74) is -0.147. The van der Waals surface area contributed by atoms with E-state index >= 15 is 0 Å². The maximum absolute atomic E-state index is 12.4. The molecular weight excluding hydrogens is 346 g/mol. The van der Waals surface area contributed by atoms with Gasteiger partial charge in [-0.05, 0) is 64.7 Å². The molecular formula is C21H31NO5. The third-order valence-corrected chi connectivity index (χ3v) is 5.31. The third-order valence-electron chi connectivity index (χ3n) is 5.31. The smallest absolute Gasteiger partial charge is 0.412 e. The molecule has 1 saturated heterocycles. The van der Waals surface area contributed by atoms with Crippen LogP contribution in [-0.4, -0.2) is 48.2 Å². The van der Waals surface area contributed by atoms with Crippen molar-refractivity contribution in [2.24, 2.45) is 0 Å². The average molecular weight is 377 g/mol. The van der Waals surface area contributed by atoms with Crippen LogP contribution in [0.3, 0.4) is 0 Å². The standard InChI is InChI=1S/C21H31NO5/c1-15(2)8-7-12-20(3)21(4,24)22(19(23)27-20)13-11-16-9-10-17(25-5)18(14-16)26-6/h8-10,14,24H,7,11-13H2,1-6H3/t20-,21+/m1/s1. The van der Waals surface area contributed by atoms with Crippen LogP contribution in [0, 0.1) is 0 Å². The number of allylic oxidation sites excluding steroid dienone is 2. The number of benzene rings is 1. The Balaban J connectivity index is 2.10. The second-order valence-corrected chi connectivity index (χ2v) is 7.53. The van der Waals surface area contributed by atoms with Crippen LogP contribution in [-0.2, 0) is 11.2 Å². The molecule has 0 spiro atoms. The lowest BCUT2D eigenvalue weighted by atomic mass is 9.88. The molecule has 1 aliphatic heterocycles. The van der Waals surface area contributed by atoms with Crippen molar-refractivity contribution in [2.45, 2.75) is 58.3 Å². The second kappa shape index (κ2) is 8.21. The van der Waals surface area contributed by atoms with E-state index in [2.05, 4.69) is 6.08 Å². The quantitative estimate of drug-likeness (QED) is 0.696. The molecule has 27 heavy (non-hydrogen) atoms. The first kappa shape index (κ1) is 21.1. The minimum atomic E-state index is -1.38. The Hall–Kier alpha value is -2.21. The molecule has 0 saturated carbocycles. The van der Waals surface area contributed by atoms with Gasteiger partial charge in [-0.2, -0.15) is 0 Å². The number of hydrogen-bond acceptors (Lipinski definition) is 5. The van der Waals surface area contributed by atoms with Gasteiger partial charge < -0.3 is 19.3 Å². The van der Waals surface area contributed by atoms with Gasteiger partial charge in [-0.15, -0.1) is 0 Å². The molecule has 1 aliphatic rings. The van der Waals surface area contributed by atoms with E-state index in [1.165, 1.54) is 10.5 Å². The minimum absolute atomic E-state index is 0.347. The van der Waals surface area contributed by atoms with Gasteiger partial charge in [-0.3, -0.25) is 4.90 Å². The molecule has 1 fully saturated rings. The number of ether oxygens (including phenoxy) is 3. The number of carbonyl (C=O) groups excluding carboxylic acids is 1. The molecule has 1 N–H and O–H groups in total. The van der Waals surface area contributed by atoms with Gasteiger partial charge in [0.15, 0.2) is 22.8 Å². The van der Waals surface area contributed by atoms with E-state index in [-0.39, 0.29) is 0 Å². The Labute approximate surface area is 161 Å². The molecule has 1 aromatic rings. The van der Waals surface area contributed by atoms with Crippen LogP contribution in [0.5, 0.6) is 11.5 Å². The SMILES string of the molecule is COc1ccc(CCN2C(=O)O[C@](C)(CCC=C(C)C)[C@]2(C)O)cc1OC. The number of hydrogen-bond donors (Lipinski definition) is 1. The number of rotatable bonds is 8. The molecule has 0 unspecified atom stereocenters. The Bertz CT molecular complexity index is 709. The molecule has 1 heterocycles. The van der Waals surface area contributed by atoms with E-state index in [4.69, 9.17) is 14.2 Å². The van der Waals surface area contributed by atoms with Crippen LogP contribution in [0.25, 0.3) is 0 Å². The maximum atomic E-state index is 12.4. The van der Waals surface area contributed by atoms with Crippen molar-refractivity contribution in [2.75, 3.05) is 20.8 Å². The zero-order chi connectivity index (χ0) is 20.2. The van der Waals surface area contributed by atoms with Crippen molar-refractivity contribution in [1.82, 2.24) is 4.90 Å². The minimum Gasteiger partial charge on any atom is -0.493 e. The van der Waals surface area contributed by atoms with Crippen molar-refractivity contribution in [3.8, 4) is 11.5 Å². The fourth-order valence-corrected chi connectivity index (χ4v) is 3.32. The molecule has 0 bridgehead atoms. The predicted octanol–water partition coefficient (Wildman–Crippen LogP) is 3.91. The summed E-state index contributed by atoms with van der Waals surface area (Å²) in [5, 5.41) is 11.1. The van der Waals surface area contributed by atoms with Gasteiger partial charge in [0.05, 0.1) is 14.2 Å². The van der Waals surface area contributed by atoms with Crippen molar-refractivity contribution < 1.29 is 24.1 Å². The van der Waals surface area contributed by atoms with Gasteiger partial charge in [0.1, 0.15) is 0 Å². The van der Waals surface area contributed by atoms with E-state index in [9.17, 15) is 9.90 Å². The molecule has 1 aromatic carbocycles. The number of carbonyl (C=O) groups is 1. The van der Waals surface area contributed by atoms with Crippen LogP contribution >= 0.6 is 0 Å². The van der Waals surface area contributed by atoms with Gasteiger partial charge in [-0.1, -0.05) is 17.7 Å². The summed E-state index contributed by atoms with van der Waals surface area (Å²) in [6.07, 6.45) is 3.47. The van der Waals surface area contributed by atoms with Crippen LogP contribution in [0.2, 0.25) is 0 Å². The number of methoxy groups -OCH3 is 2. The van der Waals surface area contributed by atoms with Crippen LogP contribution in [0.15, 0.2) is 29.8 Å². The van der Waals surface area contributed by atoms with E-state index in [1.807, 2.05) is 32.0 Å². The van der Waals surface area contributed by atoms with Gasteiger partial charge in [0, 0.05) is 6.54 Å². The van der Waals surface area contributed by atoms with Crippen LogP contribution in [0.4, 0.5) is 4.79 Å². The van der Waals surface area contributed by atoms with E-state index in [0.717, 1.165) is 12.0 Å². The first-order chi connectivity index (χ1) is 12.6. The highest BCUT2D eigenvalue weighted by Crippen LogP contribution is 2.41. The van der Waals surface area contributed by atoms with Gasteiger partial charge in [0.25, 0.3) is 0 Å². The lowest BCUT2D eigenvalue weighted by Gasteiger charge is -2.37. The zero-order valence-corrected chi connectivity index (χ0v) is 17.2. The normalized spacial score (nSPS) is 24.6. The highest BCUT2D eigenvalue weighted by Gasteiger charge is 2.58. The summed E-state index contributed by atoms with van der Waals surface area (Å²) < 4.78 is 16.2. The summed E-state index contributed by atoms with van der Waals surface area (Å²) in [4.78, 5) is 13.8. The van der Waals surface area contributed by atoms with Crippen molar-refractivity contribution in [1.29, 1.82) is 0 Å². The monoisotopic (exact) mass is 377 g/mol. The molecule has 6 nitrogen and oxygen atoms in total. The molecule has 2 atom stereocenters. The van der Waals surface area contributed by atoms with Crippen molar-refractivity contribution >= 4 is 6.09 Å². The van der Waals surface area contributed by atoms with Crippen molar-refractivity contribution in [3.63, 3.8) is 0 Å². The number of aliphatic hydroxyl groups is 1. The number of cyclic esters (lactones) is 1. The Morgan fingerprint density at radius 3 is 2.48 bits per heavy atom. The zero-order valence-electron chi connectivity index (χ0n) is 17.2. The first-order valence-corrected chi connectivity index (χ1v) is 9.22. The Kier molecular flexibility index (Phi) is 6.42. The van der Waals surface area contributed by atoms with Crippen LogP contribution < -0.4 is 9.47 Å². The molecule has 0 radical (unpaired) electrons. The molecule has 150 valence electrons. The third kappa shape index (κ3) is 4.38. The molecule has 1 amide bonds. The maximum Gasteiger partial charge on any atom is 0.412 e. The summed E-state index contributed by atoms with van der Waals surface area (Å²) in [5.74, 6) is 1.29. The number of amides is 1. The summed E-state index contributed by atoms with van der Waals surface area (Å²) in [6.45, 7) is 7.84. The summed E-state index contributed by atoms with van der Waals surface area (Å²) in [7, 11) is 3.17. The van der Waals surface area contributed by atoms with Crippen molar-refractivity contribution in [3.05, 3.63) is 35.4 Å². The lowest BCUT2D eigenvalue weighted by molar-refractivity contribution is -0.138. The van der Waals surface area contributed by atoms with E-state index in [0.29, 0.717) is 30.9 Å². The Morgan fingerprint density at radius 1 is 1.22 bits per heavy atom. The number of nitrogens with zero attached hydrogens (tertiary/aromatic N) is 1. The van der Waals surface area contributed by atoms with Gasteiger partial charge in [0.2, 0.25) is 0 Å². The molecule has 0 aromatic heterocycles. The fourth-order valence-electron chi connectivity index (χ4n) is 3.32. The summed E-state index contributed by atoms with van der Waals surface area (Å²) in [6, 6.07) is 5.63. The average Bonchev–Trinajstić information content (AvgIpc) is 2.77. The van der Waals surface area contributed by atoms with E-state index in [1.54, 1.807) is 28.1 Å². The highest BCUT2D eigenvalue weighted by molar-refractivity contribution is 5.72. The van der Waals surface area contributed by atoms with Crippen LogP contribution in [0.1, 0.15) is 46.1 Å². The lowest BCUT2D eigenvalue weighted by Crippen LogP contribution is -2.55. The predicted molar refractivity (Wildman–Crippen MR) is 104 cm³/mol. The molecule has 6 heteroatoms. The largest absolute Gasteiger partial charge is 0.493 e. The topological polar surface area (TPSA) is 68.2 Å². The highest BCUT2D eigenvalue weighted by atomic mass is 16.6. The summed E-state index contributed by atoms with van der Waals surface area (Å²) >= 11 is 0. The molecule has 2 rings (SSSR count). The van der Waals surface area contributed by atoms with E-state index < -0.39 is 17.4 Å². The first-order valence-electron chi connectivity index (χ1n) is 9.22. The Morgan fingerprint density at radius 2 is 1.89 bits per heavy atom. The van der Waals surface area contributed by atoms with Gasteiger partial charge in [-0.25, -0.2) is 4.79 Å².